The van der Waals surface area contributed by atoms with Crippen molar-refractivity contribution < 1.29 is 34.1 Å². The van der Waals surface area contributed by atoms with Crippen LogP contribution in [0.3, 0.4) is 0 Å². The van der Waals surface area contributed by atoms with Crippen LogP contribution < -0.4 is 16.2 Å². The fourth-order valence-electron chi connectivity index (χ4n) is 2.89. The molecule has 0 bridgehead atoms. The average molecular weight is 383 g/mol. The second kappa shape index (κ2) is 6.67. The standard InChI is InChI=1S/C15H17N3O7S/c1-2-5-25-7-4-3-6(12(19)20)10-8(7)9(16)11(13(21)22)26(10,14(17)23)15(18)24/h3-4,11,16H,2,5H2,1H3,(H2,17,23)(H2,18,24)(H,19,20)(H,21,22). The van der Waals surface area contributed by atoms with E-state index in [1.165, 1.54) is 6.07 Å². The van der Waals surface area contributed by atoms with Crippen molar-refractivity contribution in [2.24, 2.45) is 11.5 Å². The molecule has 1 atom stereocenters. The Hall–Kier alpha value is -3.08. The van der Waals surface area contributed by atoms with Gasteiger partial charge in [0.05, 0.1) is 23.4 Å². The van der Waals surface area contributed by atoms with Crippen LogP contribution in [0.1, 0.15) is 29.3 Å². The minimum atomic E-state index is -3.87. The first-order valence-electron chi connectivity index (χ1n) is 7.38. The van der Waals surface area contributed by atoms with Gasteiger partial charge in [-0.05, 0) is 28.6 Å². The number of nitrogens with one attached hydrogen (secondary N) is 1. The molecule has 140 valence electrons. The number of carboxylic acid groups (broad SMARTS) is 2. The quantitative estimate of drug-likeness (QED) is 0.505. The largest absolute Gasteiger partial charge is 0.493 e. The van der Waals surface area contributed by atoms with Crippen LogP contribution in [0.5, 0.6) is 5.75 Å². The van der Waals surface area contributed by atoms with Gasteiger partial charge < -0.3 is 31.8 Å². The van der Waals surface area contributed by atoms with Gasteiger partial charge in [0.25, 0.3) is 10.5 Å². The summed E-state index contributed by atoms with van der Waals surface area (Å²) in [6, 6.07) is 2.33. The van der Waals surface area contributed by atoms with E-state index in [-0.39, 0.29) is 17.9 Å². The molecule has 0 fully saturated rings. The minimum absolute atomic E-state index is 0.0000231. The first-order valence-corrected chi connectivity index (χ1v) is 9.07. The molecule has 0 radical (unpaired) electrons. The molecule has 10 nitrogen and oxygen atoms in total. The number of carbonyl (C=O) groups excluding carboxylic acids is 2. The summed E-state index contributed by atoms with van der Waals surface area (Å²) >= 11 is 0. The number of rotatable bonds is 5. The van der Waals surface area contributed by atoms with Crippen LogP contribution in [0.2, 0.25) is 0 Å². The number of hydrogen-bond acceptors (Lipinski definition) is 6. The Kier molecular flexibility index (Phi) is 4.94. The molecule has 0 aromatic heterocycles. The Bertz CT molecular complexity index is 838. The highest BCUT2D eigenvalue weighted by atomic mass is 32.3. The lowest BCUT2D eigenvalue weighted by Gasteiger charge is -2.33. The molecule has 1 unspecified atom stereocenters. The van der Waals surface area contributed by atoms with E-state index >= 15 is 0 Å². The number of carboxylic acids is 2. The van der Waals surface area contributed by atoms with Gasteiger partial charge in [-0.15, -0.1) is 0 Å². The summed E-state index contributed by atoms with van der Waals surface area (Å²) in [6.07, 6.45) is 0.578. The summed E-state index contributed by atoms with van der Waals surface area (Å²) in [5.74, 6) is -3.18. The molecule has 0 spiro atoms. The molecular weight excluding hydrogens is 366 g/mol. The van der Waals surface area contributed by atoms with Crippen molar-refractivity contribution >= 4 is 38.2 Å². The fourth-order valence-corrected chi connectivity index (χ4v) is 6.00. The van der Waals surface area contributed by atoms with Crippen LogP contribution in [0.15, 0.2) is 17.0 Å². The Morgan fingerprint density at radius 3 is 2.19 bits per heavy atom. The van der Waals surface area contributed by atoms with Crippen LogP contribution in [0, 0.1) is 5.41 Å². The molecule has 2 amide bonds. The van der Waals surface area contributed by atoms with Crippen molar-refractivity contribution in [2.45, 2.75) is 23.5 Å². The summed E-state index contributed by atoms with van der Waals surface area (Å²) in [5, 5.41) is 22.6. The van der Waals surface area contributed by atoms with Crippen molar-refractivity contribution in [3.8, 4) is 5.75 Å². The van der Waals surface area contributed by atoms with E-state index in [1.807, 2.05) is 0 Å². The number of aromatic carboxylic acids is 1. The number of hydrogen-bond donors (Lipinski definition) is 5. The molecular formula is C15H17N3O7S. The summed E-state index contributed by atoms with van der Waals surface area (Å²) in [5.41, 5.74) is 9.36. The number of ether oxygens (including phenoxy) is 1. The predicted molar refractivity (Wildman–Crippen MR) is 92.5 cm³/mol. The van der Waals surface area contributed by atoms with Crippen molar-refractivity contribution in [1.29, 1.82) is 5.41 Å². The monoisotopic (exact) mass is 383 g/mol. The highest BCUT2D eigenvalue weighted by molar-refractivity contribution is 8.57. The van der Waals surface area contributed by atoms with E-state index in [2.05, 4.69) is 0 Å². The van der Waals surface area contributed by atoms with Gasteiger partial charge in [-0.2, -0.15) is 0 Å². The smallest absolute Gasteiger partial charge is 0.336 e. The number of primary amides is 2. The molecule has 0 saturated carbocycles. The van der Waals surface area contributed by atoms with Crippen molar-refractivity contribution in [1.82, 2.24) is 0 Å². The van der Waals surface area contributed by atoms with Gasteiger partial charge in [-0.1, -0.05) is 6.92 Å². The van der Waals surface area contributed by atoms with Crippen LogP contribution in [-0.4, -0.2) is 50.2 Å². The molecule has 1 aliphatic rings. The molecule has 2 rings (SSSR count). The highest BCUT2D eigenvalue weighted by Gasteiger charge is 2.60. The molecule has 11 heteroatoms. The zero-order valence-corrected chi connectivity index (χ0v) is 14.5. The maximum absolute atomic E-state index is 12.3. The van der Waals surface area contributed by atoms with Crippen molar-refractivity contribution in [3.63, 3.8) is 0 Å². The number of benzene rings is 1. The van der Waals surface area contributed by atoms with Gasteiger partial charge in [-0.3, -0.25) is 14.4 Å². The molecule has 7 N–H and O–H groups in total. The first-order chi connectivity index (χ1) is 12.1. The molecule has 26 heavy (non-hydrogen) atoms. The van der Waals surface area contributed by atoms with Crippen LogP contribution in [0.4, 0.5) is 9.59 Å². The highest BCUT2D eigenvalue weighted by Crippen LogP contribution is 2.68. The van der Waals surface area contributed by atoms with Gasteiger partial charge in [0.15, 0.2) is 0 Å². The van der Waals surface area contributed by atoms with Crippen LogP contribution in [0.25, 0.3) is 0 Å². The Morgan fingerprint density at radius 2 is 1.77 bits per heavy atom. The molecule has 1 heterocycles. The lowest BCUT2D eigenvalue weighted by Crippen LogP contribution is -2.42. The average Bonchev–Trinajstić information content (AvgIpc) is 2.83. The van der Waals surface area contributed by atoms with E-state index in [0.717, 1.165) is 6.07 Å². The lowest BCUT2D eigenvalue weighted by molar-refractivity contribution is -0.135. The molecule has 0 aliphatic carbocycles. The number of amides is 2. The zero-order chi connectivity index (χ0) is 19.8. The van der Waals surface area contributed by atoms with Gasteiger partial charge in [0.1, 0.15) is 11.0 Å². The Labute approximate surface area is 148 Å². The third kappa shape index (κ3) is 2.47. The van der Waals surface area contributed by atoms with E-state index in [9.17, 15) is 29.4 Å². The van der Waals surface area contributed by atoms with Gasteiger partial charge in [-0.25, -0.2) is 4.79 Å². The second-order valence-electron chi connectivity index (χ2n) is 5.40. The van der Waals surface area contributed by atoms with Gasteiger partial charge in [0.2, 0.25) is 0 Å². The Morgan fingerprint density at radius 1 is 1.19 bits per heavy atom. The number of carbonyl (C=O) groups is 4. The van der Waals surface area contributed by atoms with Crippen molar-refractivity contribution in [2.75, 3.05) is 6.61 Å². The molecule has 1 aliphatic heterocycles. The summed E-state index contributed by atoms with van der Waals surface area (Å²) in [4.78, 5) is 47.5. The summed E-state index contributed by atoms with van der Waals surface area (Å²) in [6.45, 7) is 2.00. The normalized spacial score (nSPS) is 18.7. The Balaban J connectivity index is 3.01. The fraction of sp³-hybridized carbons (Fsp3) is 0.267. The summed E-state index contributed by atoms with van der Waals surface area (Å²) < 4.78 is 5.47. The SMILES string of the molecule is CCCOc1ccc(C(=O)O)c2c1C(=N)C(C(=O)O)S2(C(N)=O)C(N)=O. The zero-order valence-electron chi connectivity index (χ0n) is 13.6. The van der Waals surface area contributed by atoms with E-state index in [1.54, 1.807) is 6.92 Å². The lowest BCUT2D eigenvalue weighted by atomic mass is 10.0. The minimum Gasteiger partial charge on any atom is -0.493 e. The molecule has 1 aromatic carbocycles. The molecule has 0 saturated heterocycles. The number of fused-ring (bicyclic) bond motifs is 1. The van der Waals surface area contributed by atoms with E-state index in [4.69, 9.17) is 21.6 Å². The summed E-state index contributed by atoms with van der Waals surface area (Å²) in [7, 11) is -3.87. The van der Waals surface area contributed by atoms with Gasteiger partial charge in [0, 0.05) is 4.90 Å². The van der Waals surface area contributed by atoms with Crippen LogP contribution in [-0.2, 0) is 4.79 Å². The van der Waals surface area contributed by atoms with E-state index in [0.29, 0.717) is 6.42 Å². The van der Waals surface area contributed by atoms with Gasteiger partial charge >= 0.3 is 11.9 Å². The topological polar surface area (TPSA) is 194 Å². The molecule has 1 aromatic rings. The van der Waals surface area contributed by atoms with E-state index < -0.39 is 53.9 Å². The maximum atomic E-state index is 12.3. The third-order valence-electron chi connectivity index (χ3n) is 3.88. The predicted octanol–water partition coefficient (Wildman–Crippen LogP) is 1.33. The third-order valence-corrected chi connectivity index (χ3v) is 7.36. The van der Waals surface area contributed by atoms with Crippen molar-refractivity contribution in [3.05, 3.63) is 23.3 Å². The number of aliphatic carboxylic acids is 1. The van der Waals surface area contributed by atoms with Crippen LogP contribution >= 0.6 is 10.0 Å². The second-order valence-corrected chi connectivity index (χ2v) is 8.40. The maximum Gasteiger partial charge on any atom is 0.336 e. The number of nitrogens with two attached hydrogens (primary N) is 2. The first kappa shape index (κ1) is 19.2.